The number of carbonyl (C=O) groups excluding carboxylic acids is 2. The number of halogens is 1. The van der Waals surface area contributed by atoms with Gasteiger partial charge in [-0.25, -0.2) is 0 Å². The van der Waals surface area contributed by atoms with Crippen LogP contribution >= 0.6 is 11.6 Å². The third kappa shape index (κ3) is 3.13. The van der Waals surface area contributed by atoms with Crippen molar-refractivity contribution < 1.29 is 14.3 Å². The number of anilines is 1. The number of hydrogen-bond acceptors (Lipinski definition) is 4. The Morgan fingerprint density at radius 2 is 1.89 bits per heavy atom. The van der Waals surface area contributed by atoms with Crippen molar-refractivity contribution in [3.8, 4) is 0 Å². The number of carbonyl (C=O) groups is 2. The molecule has 3 rings (SSSR count). The van der Waals surface area contributed by atoms with Crippen molar-refractivity contribution in [2.75, 3.05) is 4.90 Å². The van der Waals surface area contributed by atoms with Gasteiger partial charge in [-0.3, -0.25) is 14.5 Å². The van der Waals surface area contributed by atoms with Gasteiger partial charge in [0.15, 0.2) is 5.60 Å². The molecule has 6 nitrogen and oxygen atoms in total. The smallest absolute Gasteiger partial charge is 0.262 e. The molecule has 1 spiro atoms. The van der Waals surface area contributed by atoms with Gasteiger partial charge in [0.05, 0.1) is 5.92 Å². The lowest BCUT2D eigenvalue weighted by molar-refractivity contribution is -0.181. The summed E-state index contributed by atoms with van der Waals surface area (Å²) in [5.74, 6) is -1.64. The molecule has 1 aromatic carbocycles. The van der Waals surface area contributed by atoms with E-state index in [9.17, 15) is 9.59 Å². The van der Waals surface area contributed by atoms with Gasteiger partial charge >= 0.3 is 0 Å². The van der Waals surface area contributed by atoms with Crippen LogP contribution in [0.2, 0.25) is 5.02 Å². The largest absolute Gasteiger partial charge is 0.369 e. The fourth-order valence-electron chi connectivity index (χ4n) is 5.22. The number of nitrogens with zero attached hydrogens (tertiary/aromatic N) is 1. The second-order valence-electron chi connectivity index (χ2n) is 9.30. The number of amides is 2. The molecule has 27 heavy (non-hydrogen) atoms. The maximum atomic E-state index is 13.8. The highest BCUT2D eigenvalue weighted by atomic mass is 35.5. The molecular formula is C20H28ClN3O3. The molecule has 2 fully saturated rings. The maximum absolute atomic E-state index is 13.8. The molecule has 3 N–H and O–H groups in total. The Morgan fingerprint density at radius 3 is 2.44 bits per heavy atom. The molecule has 0 aromatic heterocycles. The molecule has 148 valence electrons. The van der Waals surface area contributed by atoms with Crippen LogP contribution in [0.15, 0.2) is 24.3 Å². The van der Waals surface area contributed by atoms with Gasteiger partial charge in [-0.05, 0) is 59.7 Å². The van der Waals surface area contributed by atoms with Gasteiger partial charge < -0.3 is 15.8 Å². The molecule has 2 atom stereocenters. The number of ether oxygens (including phenoxy) is 1. The van der Waals surface area contributed by atoms with Crippen LogP contribution in [0.1, 0.15) is 48.0 Å². The fourth-order valence-corrected chi connectivity index (χ4v) is 5.41. The first-order valence-electron chi connectivity index (χ1n) is 9.11. The average molecular weight is 394 g/mol. The van der Waals surface area contributed by atoms with Crippen molar-refractivity contribution in [2.45, 2.75) is 70.4 Å². The summed E-state index contributed by atoms with van der Waals surface area (Å²) in [5.41, 5.74) is 2.97. The fraction of sp³-hybridized carbons (Fsp3) is 0.600. The van der Waals surface area contributed by atoms with E-state index >= 15 is 0 Å². The minimum atomic E-state index is -1.35. The van der Waals surface area contributed by atoms with Crippen molar-refractivity contribution in [1.82, 2.24) is 5.32 Å². The Morgan fingerprint density at radius 1 is 1.26 bits per heavy atom. The summed E-state index contributed by atoms with van der Waals surface area (Å²) in [4.78, 5) is 27.9. The summed E-state index contributed by atoms with van der Waals surface area (Å²) in [7, 11) is 0. The van der Waals surface area contributed by atoms with E-state index in [0.29, 0.717) is 17.1 Å². The number of benzene rings is 1. The molecule has 7 heteroatoms. The van der Waals surface area contributed by atoms with Crippen LogP contribution in [0.3, 0.4) is 0 Å². The lowest BCUT2D eigenvalue weighted by Gasteiger charge is -2.54. The maximum Gasteiger partial charge on any atom is 0.262 e. The second kappa shape index (κ2) is 5.93. The van der Waals surface area contributed by atoms with Gasteiger partial charge in [-0.15, -0.1) is 0 Å². The lowest BCUT2D eigenvalue weighted by Crippen LogP contribution is -2.74. The molecule has 2 unspecified atom stereocenters. The molecule has 2 aliphatic rings. The molecule has 0 aliphatic carbocycles. The van der Waals surface area contributed by atoms with E-state index in [1.165, 1.54) is 0 Å². The van der Waals surface area contributed by atoms with Crippen LogP contribution in [0.25, 0.3) is 0 Å². The van der Waals surface area contributed by atoms with Gasteiger partial charge in [0.2, 0.25) is 5.91 Å². The van der Waals surface area contributed by atoms with E-state index in [2.05, 4.69) is 5.32 Å². The minimum absolute atomic E-state index is 0.263. The summed E-state index contributed by atoms with van der Waals surface area (Å²) in [6, 6.07) is 7.07. The highest BCUT2D eigenvalue weighted by Gasteiger charge is 2.69. The zero-order valence-corrected chi connectivity index (χ0v) is 17.5. The Hall–Kier alpha value is -1.63. The van der Waals surface area contributed by atoms with Gasteiger partial charge in [-0.1, -0.05) is 17.7 Å². The summed E-state index contributed by atoms with van der Waals surface area (Å²) in [6.45, 7) is 11.4. The molecule has 1 aromatic rings. The quantitative estimate of drug-likeness (QED) is 0.809. The Kier molecular flexibility index (Phi) is 4.42. The van der Waals surface area contributed by atoms with E-state index in [4.69, 9.17) is 22.1 Å². The lowest BCUT2D eigenvalue weighted by atomic mass is 9.64. The predicted molar refractivity (Wildman–Crippen MR) is 105 cm³/mol. The first-order chi connectivity index (χ1) is 12.2. The van der Waals surface area contributed by atoms with Crippen LogP contribution in [-0.2, 0) is 14.3 Å². The van der Waals surface area contributed by atoms with Crippen LogP contribution < -0.4 is 16.0 Å². The van der Waals surface area contributed by atoms with Gasteiger partial charge in [0.1, 0.15) is 5.72 Å². The molecule has 2 amide bonds. The van der Waals surface area contributed by atoms with Crippen molar-refractivity contribution in [1.29, 1.82) is 0 Å². The SMILES string of the molecule is CC1(C)CC2(OC(C)(C)N(c3cccc(Cl)c3)C2=O)C(C(N)=O)C(C)(C)N1. The summed E-state index contributed by atoms with van der Waals surface area (Å²) >= 11 is 6.15. The Bertz CT molecular complexity index is 805. The highest BCUT2D eigenvalue weighted by molar-refractivity contribution is 6.31. The summed E-state index contributed by atoms with van der Waals surface area (Å²) in [5, 5.41) is 3.98. The predicted octanol–water partition coefficient (Wildman–Crippen LogP) is 2.83. The first kappa shape index (κ1) is 20.1. The van der Waals surface area contributed by atoms with Gasteiger partial charge in [-0.2, -0.15) is 0 Å². The second-order valence-corrected chi connectivity index (χ2v) is 9.74. The summed E-state index contributed by atoms with van der Waals surface area (Å²) in [6.07, 6.45) is 0.330. The monoisotopic (exact) mass is 393 g/mol. The van der Waals surface area contributed by atoms with Gasteiger partial charge in [0, 0.05) is 28.2 Å². The van der Waals surface area contributed by atoms with Crippen LogP contribution in [0.5, 0.6) is 0 Å². The summed E-state index contributed by atoms with van der Waals surface area (Å²) < 4.78 is 6.43. The molecule has 2 aliphatic heterocycles. The normalized spacial score (nSPS) is 31.3. The van der Waals surface area contributed by atoms with Crippen molar-refractivity contribution in [3.63, 3.8) is 0 Å². The van der Waals surface area contributed by atoms with Gasteiger partial charge in [0.25, 0.3) is 5.91 Å². The molecule has 0 radical (unpaired) electrons. The van der Waals surface area contributed by atoms with Crippen molar-refractivity contribution in [2.24, 2.45) is 11.7 Å². The van der Waals surface area contributed by atoms with E-state index in [0.717, 1.165) is 0 Å². The number of primary amides is 1. The number of hydrogen-bond donors (Lipinski definition) is 2. The number of nitrogens with two attached hydrogens (primary N) is 1. The number of rotatable bonds is 2. The van der Waals surface area contributed by atoms with E-state index < -0.39 is 34.2 Å². The molecular weight excluding hydrogens is 366 g/mol. The first-order valence-corrected chi connectivity index (χ1v) is 9.49. The molecule has 2 saturated heterocycles. The van der Waals surface area contributed by atoms with Crippen molar-refractivity contribution >= 4 is 29.1 Å². The van der Waals surface area contributed by atoms with E-state index in [-0.39, 0.29) is 5.91 Å². The molecule has 0 saturated carbocycles. The number of nitrogens with one attached hydrogen (secondary N) is 1. The Balaban J connectivity index is 2.19. The van der Waals surface area contributed by atoms with Crippen LogP contribution in [0, 0.1) is 5.92 Å². The topological polar surface area (TPSA) is 84.7 Å². The third-order valence-electron chi connectivity index (χ3n) is 5.44. The third-order valence-corrected chi connectivity index (χ3v) is 5.67. The van der Waals surface area contributed by atoms with E-state index in [1.807, 2.05) is 47.6 Å². The Labute approximate surface area is 165 Å². The zero-order chi connectivity index (χ0) is 20.4. The average Bonchev–Trinajstić information content (AvgIpc) is 2.60. The van der Waals surface area contributed by atoms with E-state index in [1.54, 1.807) is 23.1 Å². The van der Waals surface area contributed by atoms with Crippen LogP contribution in [0.4, 0.5) is 5.69 Å². The van der Waals surface area contributed by atoms with Crippen LogP contribution in [-0.4, -0.2) is 34.2 Å². The highest BCUT2D eigenvalue weighted by Crippen LogP contribution is 2.51. The van der Waals surface area contributed by atoms with Crippen molar-refractivity contribution in [3.05, 3.63) is 29.3 Å². The molecule has 2 heterocycles. The minimum Gasteiger partial charge on any atom is -0.369 e. The molecule has 0 bridgehead atoms. The number of piperidine rings is 1. The zero-order valence-electron chi connectivity index (χ0n) is 16.7. The standard InChI is InChI=1S/C20H28ClN3O3/c1-17(2)11-20(14(15(22)25)18(3,4)23-17)16(26)24(19(5,6)27-20)13-9-7-8-12(21)10-13/h7-10,14,23H,11H2,1-6H3,(H2,22,25).